The molecule has 1 aromatic heterocycles. The summed E-state index contributed by atoms with van der Waals surface area (Å²) in [6, 6.07) is 4.24. The summed E-state index contributed by atoms with van der Waals surface area (Å²) >= 11 is 0. The molecule has 0 aliphatic heterocycles. The second-order valence-electron chi connectivity index (χ2n) is 4.08. The van der Waals surface area contributed by atoms with Gasteiger partial charge in [0.2, 0.25) is 0 Å². The molecular weight excluding hydrogens is 214 g/mol. The maximum absolute atomic E-state index is 5.84. The second kappa shape index (κ2) is 8.03. The molecule has 0 radical (unpaired) electrons. The van der Waals surface area contributed by atoms with Crippen molar-refractivity contribution >= 4 is 5.82 Å². The molecule has 1 aromatic rings. The number of nitrogens with zero attached hydrogens (tertiary/aromatic N) is 1. The van der Waals surface area contributed by atoms with Gasteiger partial charge in [0.15, 0.2) is 0 Å². The molecule has 0 saturated carbocycles. The molecular formula is C13H23N3O. The van der Waals surface area contributed by atoms with Gasteiger partial charge in [-0.2, -0.15) is 0 Å². The number of ether oxygens (including phenoxy) is 1. The molecule has 0 bridgehead atoms. The van der Waals surface area contributed by atoms with Crippen LogP contribution in [0.2, 0.25) is 0 Å². The van der Waals surface area contributed by atoms with Crippen LogP contribution in [0, 0.1) is 0 Å². The Labute approximate surface area is 104 Å². The molecule has 0 amide bonds. The molecule has 1 unspecified atom stereocenters. The van der Waals surface area contributed by atoms with Crippen molar-refractivity contribution in [3.63, 3.8) is 0 Å². The number of pyridine rings is 1. The summed E-state index contributed by atoms with van der Waals surface area (Å²) < 4.78 is 5.59. The lowest BCUT2D eigenvalue weighted by atomic mass is 10.1. The summed E-state index contributed by atoms with van der Waals surface area (Å²) in [4.78, 5) is 4.10. The summed E-state index contributed by atoms with van der Waals surface area (Å²) in [5, 5.41) is 3.41. The fourth-order valence-corrected chi connectivity index (χ4v) is 1.74. The first-order valence-electron chi connectivity index (χ1n) is 6.28. The Hall–Kier alpha value is -1.13. The minimum absolute atomic E-state index is 0.304. The predicted octanol–water partition coefficient (Wildman–Crippen LogP) is 1.61. The quantitative estimate of drug-likeness (QED) is 0.674. The van der Waals surface area contributed by atoms with E-state index in [1.165, 1.54) is 0 Å². The molecule has 0 aliphatic rings. The first kappa shape index (κ1) is 13.9. The average molecular weight is 237 g/mol. The number of hydrogen-bond donors (Lipinski definition) is 2. The summed E-state index contributed by atoms with van der Waals surface area (Å²) in [7, 11) is 0. The molecule has 1 atom stereocenters. The lowest BCUT2D eigenvalue weighted by Gasteiger charge is -2.18. The summed E-state index contributed by atoms with van der Waals surface area (Å²) in [5.74, 6) is 0.617. The van der Waals surface area contributed by atoms with Crippen LogP contribution in [0.3, 0.4) is 0 Å². The van der Waals surface area contributed by atoms with Crippen LogP contribution in [0.25, 0.3) is 0 Å². The highest BCUT2D eigenvalue weighted by Crippen LogP contribution is 2.10. The van der Waals surface area contributed by atoms with Gasteiger partial charge in [0, 0.05) is 18.8 Å². The molecule has 1 heterocycles. The van der Waals surface area contributed by atoms with Crippen molar-refractivity contribution in [1.82, 2.24) is 10.3 Å². The van der Waals surface area contributed by atoms with E-state index in [-0.39, 0.29) is 0 Å². The van der Waals surface area contributed by atoms with Gasteiger partial charge in [0.1, 0.15) is 5.82 Å². The van der Waals surface area contributed by atoms with Crippen molar-refractivity contribution in [3.8, 4) is 0 Å². The third-order valence-electron chi connectivity index (χ3n) is 2.55. The first-order chi connectivity index (χ1) is 8.27. The SMILES string of the molecule is CCCOCC(Cc1cccnc1N)NCC. The van der Waals surface area contributed by atoms with Gasteiger partial charge < -0.3 is 15.8 Å². The van der Waals surface area contributed by atoms with Crippen LogP contribution in [-0.4, -0.2) is 30.8 Å². The molecule has 0 spiro atoms. The van der Waals surface area contributed by atoms with Gasteiger partial charge >= 0.3 is 0 Å². The number of rotatable bonds is 8. The van der Waals surface area contributed by atoms with Crippen LogP contribution in [0.1, 0.15) is 25.8 Å². The Balaban J connectivity index is 2.50. The van der Waals surface area contributed by atoms with E-state index in [0.29, 0.717) is 11.9 Å². The maximum Gasteiger partial charge on any atom is 0.126 e. The number of nitrogen functional groups attached to an aromatic ring is 1. The number of hydrogen-bond acceptors (Lipinski definition) is 4. The maximum atomic E-state index is 5.84. The molecule has 0 aromatic carbocycles. The predicted molar refractivity (Wildman–Crippen MR) is 70.9 cm³/mol. The van der Waals surface area contributed by atoms with Gasteiger partial charge in [-0.1, -0.05) is 19.9 Å². The monoisotopic (exact) mass is 237 g/mol. The summed E-state index contributed by atoms with van der Waals surface area (Å²) in [6.07, 6.45) is 3.62. The highest BCUT2D eigenvalue weighted by atomic mass is 16.5. The molecule has 4 nitrogen and oxygen atoms in total. The fraction of sp³-hybridized carbons (Fsp3) is 0.615. The molecule has 0 saturated heterocycles. The second-order valence-corrected chi connectivity index (χ2v) is 4.08. The topological polar surface area (TPSA) is 60.2 Å². The molecule has 3 N–H and O–H groups in total. The Bertz CT molecular complexity index is 317. The van der Waals surface area contributed by atoms with Crippen LogP contribution in [0.5, 0.6) is 0 Å². The third-order valence-corrected chi connectivity index (χ3v) is 2.55. The van der Waals surface area contributed by atoms with Crippen molar-refractivity contribution in [2.75, 3.05) is 25.5 Å². The van der Waals surface area contributed by atoms with E-state index in [4.69, 9.17) is 10.5 Å². The van der Waals surface area contributed by atoms with Crippen LogP contribution in [0.4, 0.5) is 5.82 Å². The molecule has 0 fully saturated rings. The van der Waals surface area contributed by atoms with E-state index in [0.717, 1.165) is 38.2 Å². The van der Waals surface area contributed by atoms with Gasteiger partial charge in [-0.05, 0) is 31.0 Å². The van der Waals surface area contributed by atoms with Gasteiger partial charge in [-0.25, -0.2) is 4.98 Å². The van der Waals surface area contributed by atoms with Crippen molar-refractivity contribution in [1.29, 1.82) is 0 Å². The van der Waals surface area contributed by atoms with Gasteiger partial charge in [0.05, 0.1) is 6.61 Å². The fourth-order valence-electron chi connectivity index (χ4n) is 1.74. The third kappa shape index (κ3) is 5.15. The Morgan fingerprint density at radius 3 is 2.94 bits per heavy atom. The van der Waals surface area contributed by atoms with Gasteiger partial charge in [-0.15, -0.1) is 0 Å². The van der Waals surface area contributed by atoms with E-state index in [9.17, 15) is 0 Å². The van der Waals surface area contributed by atoms with E-state index >= 15 is 0 Å². The first-order valence-corrected chi connectivity index (χ1v) is 6.28. The zero-order valence-corrected chi connectivity index (χ0v) is 10.8. The smallest absolute Gasteiger partial charge is 0.126 e. The molecule has 96 valence electrons. The van der Waals surface area contributed by atoms with E-state index in [1.807, 2.05) is 12.1 Å². The van der Waals surface area contributed by atoms with Gasteiger partial charge in [0.25, 0.3) is 0 Å². The minimum atomic E-state index is 0.304. The van der Waals surface area contributed by atoms with Crippen LogP contribution < -0.4 is 11.1 Å². The molecule has 17 heavy (non-hydrogen) atoms. The number of likely N-dealkylation sites (N-methyl/N-ethyl adjacent to an activating group) is 1. The molecule has 1 rings (SSSR count). The lowest BCUT2D eigenvalue weighted by Crippen LogP contribution is -2.35. The molecule has 4 heteroatoms. The standard InChI is InChI=1S/C13H23N3O/c1-3-8-17-10-12(15-4-2)9-11-6-5-7-16-13(11)14/h5-7,12,15H,3-4,8-10H2,1-2H3,(H2,14,16). The van der Waals surface area contributed by atoms with Crippen molar-refractivity contribution in [2.45, 2.75) is 32.7 Å². The van der Waals surface area contributed by atoms with Crippen LogP contribution >= 0.6 is 0 Å². The van der Waals surface area contributed by atoms with Gasteiger partial charge in [-0.3, -0.25) is 0 Å². The van der Waals surface area contributed by atoms with Crippen LogP contribution in [-0.2, 0) is 11.2 Å². The number of anilines is 1. The zero-order chi connectivity index (χ0) is 12.5. The largest absolute Gasteiger partial charge is 0.383 e. The molecule has 0 aliphatic carbocycles. The highest BCUT2D eigenvalue weighted by molar-refractivity contribution is 5.38. The number of nitrogens with two attached hydrogens (primary N) is 1. The summed E-state index contributed by atoms with van der Waals surface area (Å²) in [5.41, 5.74) is 6.92. The van der Waals surface area contributed by atoms with E-state index < -0.39 is 0 Å². The minimum Gasteiger partial charge on any atom is -0.383 e. The van der Waals surface area contributed by atoms with Crippen molar-refractivity contribution < 1.29 is 4.74 Å². The Kier molecular flexibility index (Phi) is 6.58. The zero-order valence-electron chi connectivity index (χ0n) is 10.8. The van der Waals surface area contributed by atoms with Crippen LogP contribution in [0.15, 0.2) is 18.3 Å². The lowest BCUT2D eigenvalue weighted by molar-refractivity contribution is 0.112. The average Bonchev–Trinajstić information content (AvgIpc) is 2.32. The number of nitrogens with one attached hydrogen (secondary N) is 1. The number of aromatic nitrogens is 1. The Morgan fingerprint density at radius 1 is 1.47 bits per heavy atom. The van der Waals surface area contributed by atoms with E-state index in [2.05, 4.69) is 24.1 Å². The van der Waals surface area contributed by atoms with E-state index in [1.54, 1.807) is 6.20 Å². The Morgan fingerprint density at radius 2 is 2.29 bits per heavy atom. The summed E-state index contributed by atoms with van der Waals surface area (Å²) in [6.45, 7) is 6.67. The van der Waals surface area contributed by atoms with Crippen molar-refractivity contribution in [2.24, 2.45) is 0 Å². The van der Waals surface area contributed by atoms with Crippen molar-refractivity contribution in [3.05, 3.63) is 23.9 Å². The normalized spacial score (nSPS) is 12.6. The highest BCUT2D eigenvalue weighted by Gasteiger charge is 2.10.